The third-order valence-electron chi connectivity index (χ3n) is 6.17. The number of hydrogen-bond donors (Lipinski definition) is 2. The Morgan fingerprint density at radius 3 is 2.20 bits per heavy atom. The lowest BCUT2D eigenvalue weighted by Gasteiger charge is -2.36. The molecule has 1 unspecified atom stereocenters. The number of methoxy groups -OCH3 is 2. The number of esters is 2. The Morgan fingerprint density at radius 2 is 1.57 bits per heavy atom. The Labute approximate surface area is 230 Å². The van der Waals surface area contributed by atoms with Gasteiger partial charge in [0.25, 0.3) is 0 Å². The van der Waals surface area contributed by atoms with Crippen molar-refractivity contribution in [1.29, 1.82) is 5.26 Å². The Kier molecular flexibility index (Phi) is 8.46. The van der Waals surface area contributed by atoms with Gasteiger partial charge in [-0.25, -0.2) is 14.4 Å². The SMILES string of the molecule is COC(=O)C1=C(C(=O)OC)N(c2cccc(NC(=O)OCc3ccccc3)c2)C(N)=C(C#N)C1c1ccccc1. The molecule has 0 aromatic heterocycles. The van der Waals surface area contributed by atoms with E-state index in [-0.39, 0.29) is 35.0 Å². The first-order valence-corrected chi connectivity index (χ1v) is 12.1. The predicted molar refractivity (Wildman–Crippen MR) is 146 cm³/mol. The van der Waals surface area contributed by atoms with E-state index in [0.29, 0.717) is 11.3 Å². The van der Waals surface area contributed by atoms with Crippen LogP contribution in [-0.2, 0) is 30.4 Å². The van der Waals surface area contributed by atoms with Gasteiger partial charge in [0.05, 0.1) is 37.4 Å². The van der Waals surface area contributed by atoms with E-state index in [1.165, 1.54) is 25.2 Å². The fourth-order valence-corrected chi connectivity index (χ4v) is 4.38. The van der Waals surface area contributed by atoms with E-state index in [0.717, 1.165) is 5.56 Å². The highest BCUT2D eigenvalue weighted by Gasteiger charge is 2.43. The summed E-state index contributed by atoms with van der Waals surface area (Å²) in [5.74, 6) is -2.79. The molecular formula is C30H26N4O6. The van der Waals surface area contributed by atoms with Gasteiger partial charge in [0.2, 0.25) is 0 Å². The zero-order chi connectivity index (χ0) is 28.6. The summed E-state index contributed by atoms with van der Waals surface area (Å²) in [5.41, 5.74) is 8.18. The molecule has 0 fully saturated rings. The maximum Gasteiger partial charge on any atom is 0.411 e. The monoisotopic (exact) mass is 538 g/mol. The van der Waals surface area contributed by atoms with Crippen LogP contribution in [0.25, 0.3) is 0 Å². The minimum Gasteiger partial charge on any atom is -0.466 e. The highest BCUT2D eigenvalue weighted by atomic mass is 16.5. The summed E-state index contributed by atoms with van der Waals surface area (Å²) < 4.78 is 15.4. The quantitative estimate of drug-likeness (QED) is 0.332. The number of rotatable bonds is 7. The molecule has 3 N–H and O–H groups in total. The van der Waals surface area contributed by atoms with Crippen molar-refractivity contribution in [2.75, 3.05) is 24.4 Å². The number of ether oxygens (including phenoxy) is 3. The normalized spacial score (nSPS) is 14.7. The van der Waals surface area contributed by atoms with E-state index in [4.69, 9.17) is 19.9 Å². The van der Waals surface area contributed by atoms with Crippen molar-refractivity contribution < 1.29 is 28.6 Å². The summed E-state index contributed by atoms with van der Waals surface area (Å²) >= 11 is 0. The number of allylic oxidation sites excluding steroid dienone is 1. The molecule has 0 saturated carbocycles. The van der Waals surface area contributed by atoms with Crippen molar-refractivity contribution in [1.82, 2.24) is 0 Å². The molecule has 1 atom stereocenters. The number of carbonyl (C=O) groups excluding carboxylic acids is 3. The van der Waals surface area contributed by atoms with Crippen LogP contribution in [-0.4, -0.2) is 32.3 Å². The highest BCUT2D eigenvalue weighted by Crippen LogP contribution is 2.43. The number of nitrogens with two attached hydrogens (primary N) is 1. The molecule has 3 aromatic carbocycles. The fourth-order valence-electron chi connectivity index (χ4n) is 4.38. The number of nitriles is 1. The van der Waals surface area contributed by atoms with Gasteiger partial charge in [0.1, 0.15) is 18.1 Å². The molecule has 4 rings (SSSR count). The van der Waals surface area contributed by atoms with Crippen LogP contribution in [0.5, 0.6) is 0 Å². The molecule has 0 saturated heterocycles. The lowest BCUT2D eigenvalue weighted by molar-refractivity contribution is -0.139. The van der Waals surface area contributed by atoms with Crippen LogP contribution in [0.4, 0.5) is 16.2 Å². The number of carbonyl (C=O) groups is 3. The van der Waals surface area contributed by atoms with Crippen molar-refractivity contribution in [2.45, 2.75) is 12.5 Å². The number of anilines is 2. The number of nitrogens with one attached hydrogen (secondary N) is 1. The molecular weight excluding hydrogens is 512 g/mol. The first-order valence-electron chi connectivity index (χ1n) is 12.1. The summed E-state index contributed by atoms with van der Waals surface area (Å²) in [4.78, 5) is 40.1. The van der Waals surface area contributed by atoms with Gasteiger partial charge in [-0.15, -0.1) is 0 Å². The van der Waals surface area contributed by atoms with E-state index in [1.807, 2.05) is 30.3 Å². The Balaban J connectivity index is 1.77. The van der Waals surface area contributed by atoms with Crippen LogP contribution in [0, 0.1) is 11.3 Å². The lowest BCUT2D eigenvalue weighted by Crippen LogP contribution is -2.40. The minimum atomic E-state index is -0.988. The highest BCUT2D eigenvalue weighted by molar-refractivity contribution is 6.06. The molecule has 0 aliphatic carbocycles. The number of hydrogen-bond acceptors (Lipinski definition) is 9. The van der Waals surface area contributed by atoms with Gasteiger partial charge in [0.15, 0.2) is 0 Å². The van der Waals surface area contributed by atoms with Crippen LogP contribution in [0.3, 0.4) is 0 Å². The maximum absolute atomic E-state index is 13.2. The molecule has 0 radical (unpaired) electrons. The van der Waals surface area contributed by atoms with Crippen LogP contribution in [0.2, 0.25) is 0 Å². The molecule has 3 aromatic rings. The Bertz CT molecular complexity index is 1530. The van der Waals surface area contributed by atoms with E-state index in [9.17, 15) is 19.6 Å². The van der Waals surface area contributed by atoms with Crippen molar-refractivity contribution in [3.63, 3.8) is 0 Å². The standard InChI is InChI=1S/C30H26N4O6/c1-38-28(35)25-24(20-12-7-4-8-13-20)23(17-31)27(32)34(26(25)29(36)39-2)22-15-9-14-21(16-22)33-30(37)40-18-19-10-5-3-6-11-19/h3-16,24H,18,32H2,1-2H3,(H,33,37). The summed E-state index contributed by atoms with van der Waals surface area (Å²) in [6.07, 6.45) is -0.705. The maximum atomic E-state index is 13.2. The molecule has 202 valence electrons. The topological polar surface area (TPSA) is 144 Å². The smallest absolute Gasteiger partial charge is 0.411 e. The summed E-state index contributed by atoms with van der Waals surface area (Å²) in [6, 6.07) is 26.3. The summed E-state index contributed by atoms with van der Waals surface area (Å²) in [6.45, 7) is 0.0678. The first-order chi connectivity index (χ1) is 19.4. The van der Waals surface area contributed by atoms with Crippen molar-refractivity contribution >= 4 is 29.4 Å². The van der Waals surface area contributed by atoms with E-state index in [2.05, 4.69) is 11.4 Å². The molecule has 1 aliphatic heterocycles. The number of nitrogens with zero attached hydrogens (tertiary/aromatic N) is 2. The third kappa shape index (κ3) is 5.63. The van der Waals surface area contributed by atoms with Crippen molar-refractivity contribution in [2.24, 2.45) is 5.73 Å². The second kappa shape index (κ2) is 12.3. The van der Waals surface area contributed by atoms with Gasteiger partial charge in [-0.1, -0.05) is 66.7 Å². The predicted octanol–water partition coefficient (Wildman–Crippen LogP) is 4.33. The van der Waals surface area contributed by atoms with Crippen molar-refractivity contribution in [3.8, 4) is 6.07 Å². The molecule has 0 spiro atoms. The number of amides is 1. The van der Waals surface area contributed by atoms with Gasteiger partial charge < -0.3 is 19.9 Å². The van der Waals surface area contributed by atoms with E-state index >= 15 is 0 Å². The molecule has 1 heterocycles. The van der Waals surface area contributed by atoms with Crippen LogP contribution in [0.1, 0.15) is 17.0 Å². The number of benzene rings is 3. The third-order valence-corrected chi connectivity index (χ3v) is 6.17. The zero-order valence-corrected chi connectivity index (χ0v) is 21.8. The first kappa shape index (κ1) is 27.5. The zero-order valence-electron chi connectivity index (χ0n) is 21.8. The van der Waals surface area contributed by atoms with Gasteiger partial charge in [0, 0.05) is 11.4 Å². The second-order valence-corrected chi connectivity index (χ2v) is 8.57. The molecule has 1 amide bonds. The molecule has 10 heteroatoms. The van der Waals surface area contributed by atoms with Crippen LogP contribution < -0.4 is 16.0 Å². The van der Waals surface area contributed by atoms with E-state index < -0.39 is 23.9 Å². The largest absolute Gasteiger partial charge is 0.466 e. The molecule has 0 bridgehead atoms. The lowest BCUT2D eigenvalue weighted by atomic mass is 9.81. The fraction of sp³-hybridized carbons (Fsp3) is 0.133. The van der Waals surface area contributed by atoms with Crippen LogP contribution in [0.15, 0.2) is 108 Å². The Morgan fingerprint density at radius 1 is 0.925 bits per heavy atom. The van der Waals surface area contributed by atoms with Crippen molar-refractivity contribution in [3.05, 3.63) is 119 Å². The Hall–Kier alpha value is -5.56. The second-order valence-electron chi connectivity index (χ2n) is 8.57. The van der Waals surface area contributed by atoms with Gasteiger partial charge >= 0.3 is 18.0 Å². The van der Waals surface area contributed by atoms with Gasteiger partial charge in [-0.05, 0) is 29.3 Å². The minimum absolute atomic E-state index is 0.0277. The van der Waals surface area contributed by atoms with Gasteiger partial charge in [-0.2, -0.15) is 5.26 Å². The molecule has 10 nitrogen and oxygen atoms in total. The summed E-state index contributed by atoms with van der Waals surface area (Å²) in [5, 5.41) is 12.8. The van der Waals surface area contributed by atoms with Gasteiger partial charge in [-0.3, -0.25) is 10.2 Å². The molecule has 40 heavy (non-hydrogen) atoms. The molecule has 1 aliphatic rings. The average molecular weight is 539 g/mol. The average Bonchev–Trinajstić information content (AvgIpc) is 2.99. The summed E-state index contributed by atoms with van der Waals surface area (Å²) in [7, 11) is 2.34. The van der Waals surface area contributed by atoms with E-state index in [1.54, 1.807) is 48.5 Å². The van der Waals surface area contributed by atoms with Crippen LogP contribution >= 0.6 is 0 Å².